The van der Waals surface area contributed by atoms with Crippen LogP contribution in [0.3, 0.4) is 0 Å². The Hall–Kier alpha value is -0.0800. The maximum Gasteiger partial charge on any atom is 0.0120 e. The van der Waals surface area contributed by atoms with Gasteiger partial charge in [0.15, 0.2) is 0 Å². The molecule has 0 amide bonds. The minimum absolute atomic E-state index is 0.869. The van der Waals surface area contributed by atoms with Gasteiger partial charge in [0.1, 0.15) is 0 Å². The lowest BCUT2D eigenvalue weighted by atomic mass is 10.0. The Morgan fingerprint density at radius 3 is 2.37 bits per heavy atom. The molecule has 0 spiro atoms. The summed E-state index contributed by atoms with van der Waals surface area (Å²) in [5.41, 5.74) is 0. The second kappa shape index (κ2) is 7.64. The monoisotopic (exact) mass is 266 g/mol. The first-order valence-corrected chi connectivity index (χ1v) is 8.65. The molecule has 0 aromatic carbocycles. The van der Waals surface area contributed by atoms with Crippen LogP contribution in [0.2, 0.25) is 0 Å². The van der Waals surface area contributed by atoms with Gasteiger partial charge in [-0.05, 0) is 70.1 Å². The third-order valence-corrected chi connectivity index (χ3v) is 5.22. The van der Waals surface area contributed by atoms with Crippen LogP contribution in [0.4, 0.5) is 0 Å². The van der Waals surface area contributed by atoms with Crippen molar-refractivity contribution in [2.24, 2.45) is 11.8 Å². The van der Waals surface area contributed by atoms with Gasteiger partial charge in [0.05, 0.1) is 0 Å². The molecule has 2 nitrogen and oxygen atoms in total. The fraction of sp³-hybridized carbons (Fsp3) is 1.00. The molecule has 2 rings (SSSR count). The van der Waals surface area contributed by atoms with E-state index in [-0.39, 0.29) is 0 Å². The van der Waals surface area contributed by atoms with Gasteiger partial charge in [0.25, 0.3) is 0 Å². The molecule has 0 N–H and O–H groups in total. The van der Waals surface area contributed by atoms with E-state index in [1.807, 2.05) is 0 Å². The Bertz CT molecular complexity index is 244. The van der Waals surface area contributed by atoms with Gasteiger partial charge in [-0.25, -0.2) is 0 Å². The number of rotatable bonds is 6. The lowest BCUT2D eigenvalue weighted by molar-refractivity contribution is 0.122. The van der Waals surface area contributed by atoms with Crippen LogP contribution in [-0.2, 0) is 0 Å². The van der Waals surface area contributed by atoms with Gasteiger partial charge in [-0.15, -0.1) is 0 Å². The number of likely N-dealkylation sites (tertiary alicyclic amines) is 2. The van der Waals surface area contributed by atoms with E-state index in [9.17, 15) is 0 Å². The number of hydrogen-bond donors (Lipinski definition) is 0. The smallest absolute Gasteiger partial charge is 0.0120 e. The fourth-order valence-electron chi connectivity index (χ4n) is 3.76. The van der Waals surface area contributed by atoms with Crippen LogP contribution >= 0.6 is 0 Å². The van der Waals surface area contributed by atoms with E-state index in [2.05, 4.69) is 30.6 Å². The van der Waals surface area contributed by atoms with Crippen LogP contribution < -0.4 is 0 Å². The average molecular weight is 266 g/mol. The zero-order valence-corrected chi connectivity index (χ0v) is 13.4. The Kier molecular flexibility index (Phi) is 6.15. The van der Waals surface area contributed by atoms with Crippen molar-refractivity contribution in [3.05, 3.63) is 0 Å². The fourth-order valence-corrected chi connectivity index (χ4v) is 3.76. The van der Waals surface area contributed by atoms with Crippen molar-refractivity contribution in [3.8, 4) is 0 Å². The molecule has 2 heteroatoms. The van der Waals surface area contributed by atoms with Crippen LogP contribution in [-0.4, -0.2) is 48.6 Å². The van der Waals surface area contributed by atoms with Crippen molar-refractivity contribution in [2.45, 2.75) is 65.3 Å². The van der Waals surface area contributed by atoms with Crippen LogP contribution in [0, 0.1) is 11.8 Å². The molecule has 2 heterocycles. The highest BCUT2D eigenvalue weighted by Gasteiger charge is 2.29. The van der Waals surface area contributed by atoms with Gasteiger partial charge in [-0.3, -0.25) is 0 Å². The molecule has 2 aliphatic rings. The first-order chi connectivity index (χ1) is 9.19. The summed E-state index contributed by atoms with van der Waals surface area (Å²) in [7, 11) is 0. The number of hydrogen-bond acceptors (Lipinski definition) is 2. The Balaban J connectivity index is 1.62. The highest BCUT2D eigenvalue weighted by Crippen LogP contribution is 2.26. The molecule has 112 valence electrons. The van der Waals surface area contributed by atoms with Crippen molar-refractivity contribution >= 4 is 0 Å². The molecule has 2 aliphatic heterocycles. The molecule has 0 saturated carbocycles. The summed E-state index contributed by atoms with van der Waals surface area (Å²) in [6.45, 7) is 13.8. The van der Waals surface area contributed by atoms with E-state index in [1.165, 1.54) is 71.2 Å². The van der Waals surface area contributed by atoms with Crippen molar-refractivity contribution in [1.29, 1.82) is 0 Å². The van der Waals surface area contributed by atoms with Crippen LogP contribution in [0.1, 0.15) is 59.3 Å². The normalized spacial score (nSPS) is 27.5. The van der Waals surface area contributed by atoms with Crippen LogP contribution in [0.25, 0.3) is 0 Å². The van der Waals surface area contributed by atoms with Gasteiger partial charge in [-0.2, -0.15) is 0 Å². The van der Waals surface area contributed by atoms with E-state index < -0.39 is 0 Å². The maximum absolute atomic E-state index is 2.79. The Morgan fingerprint density at radius 1 is 1.05 bits per heavy atom. The van der Waals surface area contributed by atoms with Gasteiger partial charge in [0, 0.05) is 12.6 Å². The lowest BCUT2D eigenvalue weighted by Crippen LogP contribution is -2.44. The minimum atomic E-state index is 0.869. The Morgan fingerprint density at radius 2 is 1.79 bits per heavy atom. The summed E-state index contributed by atoms with van der Waals surface area (Å²) in [6.07, 6.45) is 8.44. The molecular weight excluding hydrogens is 232 g/mol. The predicted molar refractivity (Wildman–Crippen MR) is 83.5 cm³/mol. The SMILES string of the molecule is CC[C@@H]1CCN(C2CCN(CCCC(C)C)CC2)C1. The zero-order chi connectivity index (χ0) is 13.7. The molecule has 2 fully saturated rings. The van der Waals surface area contributed by atoms with Crippen molar-refractivity contribution in [1.82, 2.24) is 9.80 Å². The van der Waals surface area contributed by atoms with Crippen molar-refractivity contribution in [2.75, 3.05) is 32.7 Å². The molecule has 0 radical (unpaired) electrons. The molecule has 0 aromatic rings. The van der Waals surface area contributed by atoms with Gasteiger partial charge in [0.2, 0.25) is 0 Å². The molecule has 0 bridgehead atoms. The van der Waals surface area contributed by atoms with E-state index in [0.717, 1.165) is 17.9 Å². The second-order valence-electron chi connectivity index (χ2n) is 7.17. The summed E-state index contributed by atoms with van der Waals surface area (Å²) in [4.78, 5) is 5.49. The van der Waals surface area contributed by atoms with Crippen molar-refractivity contribution < 1.29 is 0 Å². The summed E-state index contributed by atoms with van der Waals surface area (Å²) < 4.78 is 0. The van der Waals surface area contributed by atoms with Gasteiger partial charge < -0.3 is 9.80 Å². The van der Waals surface area contributed by atoms with Crippen LogP contribution in [0.5, 0.6) is 0 Å². The van der Waals surface area contributed by atoms with E-state index >= 15 is 0 Å². The minimum Gasteiger partial charge on any atom is -0.303 e. The third kappa shape index (κ3) is 4.75. The standard InChI is InChI=1S/C17H34N2/c1-4-16-7-13-19(14-16)17-8-11-18(12-9-17)10-5-6-15(2)3/h15-17H,4-14H2,1-3H3/t16-/m1/s1. The van der Waals surface area contributed by atoms with Crippen molar-refractivity contribution in [3.63, 3.8) is 0 Å². The van der Waals surface area contributed by atoms with E-state index in [4.69, 9.17) is 0 Å². The summed E-state index contributed by atoms with van der Waals surface area (Å²) in [5, 5.41) is 0. The topological polar surface area (TPSA) is 6.48 Å². The summed E-state index contributed by atoms with van der Waals surface area (Å²) >= 11 is 0. The number of nitrogens with zero attached hydrogens (tertiary/aromatic N) is 2. The highest BCUT2D eigenvalue weighted by molar-refractivity contribution is 4.85. The summed E-state index contributed by atoms with van der Waals surface area (Å²) in [5.74, 6) is 1.86. The van der Waals surface area contributed by atoms with Gasteiger partial charge >= 0.3 is 0 Å². The quantitative estimate of drug-likeness (QED) is 0.724. The molecule has 0 aliphatic carbocycles. The molecule has 19 heavy (non-hydrogen) atoms. The largest absolute Gasteiger partial charge is 0.303 e. The van der Waals surface area contributed by atoms with Crippen LogP contribution in [0.15, 0.2) is 0 Å². The average Bonchev–Trinajstić information content (AvgIpc) is 2.88. The van der Waals surface area contributed by atoms with E-state index in [1.54, 1.807) is 0 Å². The van der Waals surface area contributed by atoms with E-state index in [0.29, 0.717) is 0 Å². The maximum atomic E-state index is 2.79. The third-order valence-electron chi connectivity index (χ3n) is 5.22. The molecule has 1 atom stereocenters. The molecule has 0 unspecified atom stereocenters. The molecular formula is C17H34N2. The number of piperidine rings is 1. The Labute approximate surface area is 120 Å². The first kappa shape index (κ1) is 15.3. The lowest BCUT2D eigenvalue weighted by Gasteiger charge is -2.37. The molecule has 2 saturated heterocycles. The molecule has 0 aromatic heterocycles. The zero-order valence-electron chi connectivity index (χ0n) is 13.4. The second-order valence-corrected chi connectivity index (χ2v) is 7.17. The summed E-state index contributed by atoms with van der Waals surface area (Å²) in [6, 6.07) is 0.901. The van der Waals surface area contributed by atoms with Gasteiger partial charge in [-0.1, -0.05) is 27.2 Å². The highest BCUT2D eigenvalue weighted by atomic mass is 15.2. The predicted octanol–water partition coefficient (Wildman–Crippen LogP) is 3.62. The first-order valence-electron chi connectivity index (χ1n) is 8.65.